The summed E-state index contributed by atoms with van der Waals surface area (Å²) >= 11 is 0. The quantitative estimate of drug-likeness (QED) is 0.575. The minimum absolute atomic E-state index is 0.105. The van der Waals surface area contributed by atoms with E-state index in [-0.39, 0.29) is 10.8 Å². The van der Waals surface area contributed by atoms with Crippen LogP contribution in [0.1, 0.15) is 5.56 Å². The van der Waals surface area contributed by atoms with Crippen molar-refractivity contribution in [2.45, 2.75) is 4.90 Å². The third kappa shape index (κ3) is 5.70. The third-order valence-electron chi connectivity index (χ3n) is 4.00. The number of carbonyl (C=O) groups is 1. The summed E-state index contributed by atoms with van der Waals surface area (Å²) in [6, 6.07) is 21.9. The molecule has 0 saturated carbocycles. The van der Waals surface area contributed by atoms with Crippen LogP contribution in [-0.4, -0.2) is 21.4 Å². The number of carbonyl (C=O) groups excluding carboxylic acids is 1. The molecular weight excluding hydrogens is 388 g/mol. The highest BCUT2D eigenvalue weighted by Crippen LogP contribution is 2.18. The van der Waals surface area contributed by atoms with Gasteiger partial charge in [0.1, 0.15) is 5.75 Å². The van der Waals surface area contributed by atoms with Crippen LogP contribution in [0.3, 0.4) is 0 Å². The standard InChI is InChI=1S/C22H20N2O4S/c1-28-20-12-7-17(8-13-20)9-16-22(25)23-18-10-14-21(15-11-18)29(26,27)24-19-5-3-2-4-6-19/h2-16,24H,1H3,(H,23,25)/b16-9+. The van der Waals surface area contributed by atoms with Crippen LogP contribution < -0.4 is 14.8 Å². The first-order valence-corrected chi connectivity index (χ1v) is 10.3. The Kier molecular flexibility index (Phi) is 6.31. The van der Waals surface area contributed by atoms with Gasteiger partial charge in [-0.25, -0.2) is 8.42 Å². The molecule has 0 aliphatic carbocycles. The summed E-state index contributed by atoms with van der Waals surface area (Å²) < 4.78 is 32.4. The number of benzene rings is 3. The van der Waals surface area contributed by atoms with Gasteiger partial charge in [-0.1, -0.05) is 30.3 Å². The summed E-state index contributed by atoms with van der Waals surface area (Å²) in [5.41, 5.74) is 1.83. The summed E-state index contributed by atoms with van der Waals surface area (Å²) in [7, 11) is -2.11. The maximum atomic E-state index is 12.4. The van der Waals surface area contributed by atoms with Gasteiger partial charge in [-0.3, -0.25) is 9.52 Å². The van der Waals surface area contributed by atoms with E-state index in [1.807, 2.05) is 12.1 Å². The Morgan fingerprint density at radius 1 is 0.862 bits per heavy atom. The van der Waals surface area contributed by atoms with Crippen molar-refractivity contribution in [1.29, 1.82) is 0 Å². The summed E-state index contributed by atoms with van der Waals surface area (Å²) in [4.78, 5) is 12.2. The molecule has 0 heterocycles. The summed E-state index contributed by atoms with van der Waals surface area (Å²) in [6.07, 6.45) is 3.08. The number of ether oxygens (including phenoxy) is 1. The predicted octanol–water partition coefficient (Wildman–Crippen LogP) is 4.15. The Balaban J connectivity index is 1.62. The highest BCUT2D eigenvalue weighted by atomic mass is 32.2. The van der Waals surface area contributed by atoms with E-state index in [4.69, 9.17) is 4.74 Å². The van der Waals surface area contributed by atoms with Gasteiger partial charge in [0.25, 0.3) is 10.0 Å². The van der Waals surface area contributed by atoms with Crippen molar-refractivity contribution < 1.29 is 17.9 Å². The Bertz CT molecular complexity index is 1090. The molecule has 3 aromatic rings. The summed E-state index contributed by atoms with van der Waals surface area (Å²) in [5, 5.41) is 2.70. The average molecular weight is 408 g/mol. The van der Waals surface area contributed by atoms with Crippen LogP contribution in [0.4, 0.5) is 11.4 Å². The summed E-state index contributed by atoms with van der Waals surface area (Å²) in [6.45, 7) is 0. The first kappa shape index (κ1) is 20.2. The molecule has 0 aliphatic heterocycles. The minimum Gasteiger partial charge on any atom is -0.497 e. The van der Waals surface area contributed by atoms with Gasteiger partial charge in [0.15, 0.2) is 0 Å². The topological polar surface area (TPSA) is 84.5 Å². The number of nitrogens with one attached hydrogen (secondary N) is 2. The fourth-order valence-corrected chi connectivity index (χ4v) is 3.57. The van der Waals surface area contributed by atoms with Crippen LogP contribution in [0, 0.1) is 0 Å². The molecule has 0 fully saturated rings. The lowest BCUT2D eigenvalue weighted by Crippen LogP contribution is -2.13. The maximum Gasteiger partial charge on any atom is 0.261 e. The monoisotopic (exact) mass is 408 g/mol. The smallest absolute Gasteiger partial charge is 0.261 e. The number of hydrogen-bond donors (Lipinski definition) is 2. The van der Waals surface area contributed by atoms with Crippen molar-refractivity contribution in [3.05, 3.63) is 90.5 Å². The molecule has 3 rings (SSSR count). The highest BCUT2D eigenvalue weighted by Gasteiger charge is 2.14. The second-order valence-electron chi connectivity index (χ2n) is 6.09. The normalized spacial score (nSPS) is 11.2. The van der Waals surface area contributed by atoms with Gasteiger partial charge in [-0.05, 0) is 60.2 Å². The number of hydrogen-bond acceptors (Lipinski definition) is 4. The van der Waals surface area contributed by atoms with Gasteiger partial charge in [0.2, 0.25) is 5.91 Å². The fourth-order valence-electron chi connectivity index (χ4n) is 2.51. The number of methoxy groups -OCH3 is 1. The lowest BCUT2D eigenvalue weighted by atomic mass is 10.2. The highest BCUT2D eigenvalue weighted by molar-refractivity contribution is 7.92. The molecule has 0 bridgehead atoms. The van der Waals surface area contributed by atoms with E-state index < -0.39 is 10.0 Å². The van der Waals surface area contributed by atoms with E-state index >= 15 is 0 Å². The maximum absolute atomic E-state index is 12.4. The molecular formula is C22H20N2O4S. The van der Waals surface area contributed by atoms with Crippen LogP contribution in [0.5, 0.6) is 5.75 Å². The number of para-hydroxylation sites is 1. The molecule has 6 nitrogen and oxygen atoms in total. The Labute approximate surface area is 169 Å². The molecule has 0 saturated heterocycles. The second kappa shape index (κ2) is 9.07. The lowest BCUT2D eigenvalue weighted by molar-refractivity contribution is -0.111. The molecule has 0 aromatic heterocycles. The molecule has 148 valence electrons. The molecule has 29 heavy (non-hydrogen) atoms. The van der Waals surface area contributed by atoms with Crippen LogP contribution in [0.15, 0.2) is 89.8 Å². The zero-order valence-electron chi connectivity index (χ0n) is 15.7. The molecule has 1 amide bonds. The van der Waals surface area contributed by atoms with Crippen molar-refractivity contribution in [1.82, 2.24) is 0 Å². The zero-order valence-corrected chi connectivity index (χ0v) is 16.5. The number of rotatable bonds is 7. The van der Waals surface area contributed by atoms with Crippen LogP contribution in [-0.2, 0) is 14.8 Å². The van der Waals surface area contributed by atoms with Gasteiger partial charge in [0, 0.05) is 17.5 Å². The lowest BCUT2D eigenvalue weighted by Gasteiger charge is -2.09. The predicted molar refractivity (Wildman–Crippen MR) is 114 cm³/mol. The SMILES string of the molecule is COc1ccc(/C=C/C(=O)Nc2ccc(S(=O)(=O)Nc3ccccc3)cc2)cc1. The zero-order chi connectivity index (χ0) is 20.7. The molecule has 7 heteroatoms. The third-order valence-corrected chi connectivity index (χ3v) is 5.40. The fraction of sp³-hybridized carbons (Fsp3) is 0.0455. The average Bonchev–Trinajstić information content (AvgIpc) is 2.73. The largest absolute Gasteiger partial charge is 0.497 e. The first-order chi connectivity index (χ1) is 14.0. The van der Waals surface area contributed by atoms with Crippen molar-refractivity contribution in [3.63, 3.8) is 0 Å². The van der Waals surface area contributed by atoms with Crippen LogP contribution in [0.25, 0.3) is 6.08 Å². The molecule has 0 aliphatic rings. The van der Waals surface area contributed by atoms with Crippen molar-refractivity contribution in [2.75, 3.05) is 17.1 Å². The van der Waals surface area contributed by atoms with E-state index in [0.717, 1.165) is 11.3 Å². The van der Waals surface area contributed by atoms with E-state index in [0.29, 0.717) is 11.4 Å². The van der Waals surface area contributed by atoms with Crippen molar-refractivity contribution >= 4 is 33.4 Å². The van der Waals surface area contributed by atoms with E-state index in [1.165, 1.54) is 18.2 Å². The van der Waals surface area contributed by atoms with Crippen LogP contribution in [0.2, 0.25) is 0 Å². The molecule has 3 aromatic carbocycles. The Morgan fingerprint density at radius 2 is 1.52 bits per heavy atom. The van der Waals surface area contributed by atoms with Gasteiger partial charge < -0.3 is 10.1 Å². The van der Waals surface area contributed by atoms with Crippen molar-refractivity contribution in [2.24, 2.45) is 0 Å². The molecule has 0 spiro atoms. The van der Waals surface area contributed by atoms with E-state index in [2.05, 4.69) is 10.0 Å². The van der Waals surface area contributed by atoms with Crippen LogP contribution >= 0.6 is 0 Å². The molecule has 0 radical (unpaired) electrons. The molecule has 0 atom stereocenters. The molecule has 0 unspecified atom stereocenters. The number of anilines is 2. The van der Waals surface area contributed by atoms with E-state index in [9.17, 15) is 13.2 Å². The van der Waals surface area contributed by atoms with Gasteiger partial charge in [-0.15, -0.1) is 0 Å². The molecule has 2 N–H and O–H groups in total. The van der Waals surface area contributed by atoms with Gasteiger partial charge in [0.05, 0.1) is 12.0 Å². The van der Waals surface area contributed by atoms with Gasteiger partial charge in [-0.2, -0.15) is 0 Å². The van der Waals surface area contributed by atoms with Gasteiger partial charge >= 0.3 is 0 Å². The Morgan fingerprint density at radius 3 is 2.14 bits per heavy atom. The van der Waals surface area contributed by atoms with E-state index in [1.54, 1.807) is 67.8 Å². The Hall–Kier alpha value is -3.58. The van der Waals surface area contributed by atoms with Crippen molar-refractivity contribution in [3.8, 4) is 5.75 Å². The number of amides is 1. The summed E-state index contributed by atoms with van der Waals surface area (Å²) in [5.74, 6) is 0.419. The first-order valence-electron chi connectivity index (χ1n) is 8.77. The second-order valence-corrected chi connectivity index (χ2v) is 7.77. The number of sulfonamides is 1. The minimum atomic E-state index is -3.70.